The van der Waals surface area contributed by atoms with Crippen molar-refractivity contribution in [1.82, 2.24) is 10.6 Å². The molecule has 21 heavy (non-hydrogen) atoms. The summed E-state index contributed by atoms with van der Waals surface area (Å²) in [6.07, 6.45) is 2.42. The summed E-state index contributed by atoms with van der Waals surface area (Å²) in [4.78, 5) is 33.4. The van der Waals surface area contributed by atoms with Crippen molar-refractivity contribution in [1.29, 1.82) is 0 Å². The lowest BCUT2D eigenvalue weighted by Gasteiger charge is -2.13. The van der Waals surface area contributed by atoms with Crippen LogP contribution in [0.25, 0.3) is 6.08 Å². The fourth-order valence-corrected chi connectivity index (χ4v) is 1.53. The van der Waals surface area contributed by atoms with Gasteiger partial charge in [-0.05, 0) is 30.7 Å². The van der Waals surface area contributed by atoms with Crippen LogP contribution in [0.3, 0.4) is 0 Å². The Bertz CT molecular complexity index is 569. The third-order valence-electron chi connectivity index (χ3n) is 2.55. The van der Waals surface area contributed by atoms with Crippen molar-refractivity contribution < 1.29 is 19.5 Å². The summed E-state index contributed by atoms with van der Waals surface area (Å²) >= 11 is 0. The van der Waals surface area contributed by atoms with Crippen molar-refractivity contribution >= 4 is 29.7 Å². The number of urea groups is 1. The summed E-state index contributed by atoms with van der Waals surface area (Å²) in [7, 11) is 1.48. The van der Waals surface area contributed by atoms with Gasteiger partial charge < -0.3 is 21.1 Å². The summed E-state index contributed by atoms with van der Waals surface area (Å²) in [5, 5.41) is 16.0. The lowest BCUT2D eigenvalue weighted by molar-refractivity contribution is -0.131. The van der Waals surface area contributed by atoms with E-state index in [1.165, 1.54) is 13.1 Å². The number of carbonyl (C=O) groups is 3. The maximum atomic E-state index is 11.7. The fourth-order valence-electron chi connectivity index (χ4n) is 1.53. The lowest BCUT2D eigenvalue weighted by Crippen LogP contribution is -2.45. The highest BCUT2D eigenvalue weighted by atomic mass is 16.4. The minimum atomic E-state index is -1.05. The Labute approximate surface area is 122 Å². The molecule has 0 radical (unpaired) electrons. The number of hydrogen-bond donors (Lipinski definition) is 4. The Morgan fingerprint density at radius 3 is 2.62 bits per heavy atom. The van der Waals surface area contributed by atoms with E-state index >= 15 is 0 Å². The molecule has 0 aromatic heterocycles. The smallest absolute Gasteiger partial charge is 0.328 e. The first-order chi connectivity index (χ1) is 9.92. The Morgan fingerprint density at radius 1 is 1.29 bits per heavy atom. The molecule has 0 aliphatic heterocycles. The molecule has 7 nitrogen and oxygen atoms in total. The van der Waals surface area contributed by atoms with Crippen LogP contribution in [-0.4, -0.2) is 36.1 Å². The third kappa shape index (κ3) is 5.77. The van der Waals surface area contributed by atoms with Gasteiger partial charge in [-0.3, -0.25) is 4.79 Å². The number of likely N-dealkylation sites (N-methyl/N-ethyl adjacent to an activating group) is 1. The number of carbonyl (C=O) groups excluding carboxylic acids is 2. The van der Waals surface area contributed by atoms with Crippen LogP contribution in [0.2, 0.25) is 0 Å². The lowest BCUT2D eigenvalue weighted by atomic mass is 10.2. The predicted octanol–water partition coefficient (Wildman–Crippen LogP) is 1.04. The molecule has 112 valence electrons. The van der Waals surface area contributed by atoms with Gasteiger partial charge in [-0.25, -0.2) is 9.59 Å². The first-order valence-electron chi connectivity index (χ1n) is 6.22. The quantitative estimate of drug-likeness (QED) is 0.608. The van der Waals surface area contributed by atoms with Gasteiger partial charge >= 0.3 is 12.0 Å². The van der Waals surface area contributed by atoms with Gasteiger partial charge in [-0.1, -0.05) is 12.1 Å². The first-order valence-corrected chi connectivity index (χ1v) is 6.22. The van der Waals surface area contributed by atoms with Crippen molar-refractivity contribution in [3.05, 3.63) is 35.9 Å². The van der Waals surface area contributed by atoms with Gasteiger partial charge in [0, 0.05) is 18.8 Å². The molecule has 1 atom stereocenters. The molecule has 1 rings (SSSR count). The molecule has 0 aliphatic carbocycles. The number of nitrogens with one attached hydrogen (secondary N) is 3. The van der Waals surface area contributed by atoms with E-state index in [0.717, 1.165) is 6.08 Å². The van der Waals surface area contributed by atoms with Gasteiger partial charge in [0.2, 0.25) is 5.91 Å². The largest absolute Gasteiger partial charge is 0.478 e. The molecule has 0 heterocycles. The Hall–Kier alpha value is -2.83. The molecule has 0 aliphatic rings. The number of carboxylic acids is 1. The van der Waals surface area contributed by atoms with E-state index in [4.69, 9.17) is 5.11 Å². The van der Waals surface area contributed by atoms with Crippen LogP contribution in [0.5, 0.6) is 0 Å². The van der Waals surface area contributed by atoms with E-state index in [-0.39, 0.29) is 5.91 Å². The van der Waals surface area contributed by atoms with Crippen LogP contribution >= 0.6 is 0 Å². The van der Waals surface area contributed by atoms with E-state index in [0.29, 0.717) is 11.3 Å². The van der Waals surface area contributed by atoms with Crippen molar-refractivity contribution in [2.45, 2.75) is 13.0 Å². The van der Waals surface area contributed by atoms with Gasteiger partial charge in [0.15, 0.2) is 0 Å². The fraction of sp³-hybridized carbons (Fsp3) is 0.214. The minimum absolute atomic E-state index is 0.303. The standard InChI is InChI=1S/C14H17N3O4/c1-9(13(20)15-2)16-14(21)17-11-5-3-4-10(8-11)6-7-12(18)19/h3-9H,1-2H3,(H,15,20)(H,18,19)(H2,16,17,21)/b7-6+. The maximum Gasteiger partial charge on any atom is 0.328 e. The molecule has 3 amide bonds. The number of benzene rings is 1. The van der Waals surface area contributed by atoms with E-state index in [1.54, 1.807) is 31.2 Å². The summed E-state index contributed by atoms with van der Waals surface area (Å²) in [5.74, 6) is -1.35. The van der Waals surface area contributed by atoms with E-state index in [2.05, 4.69) is 16.0 Å². The Morgan fingerprint density at radius 2 is 2.00 bits per heavy atom. The highest BCUT2D eigenvalue weighted by Gasteiger charge is 2.13. The number of amides is 3. The molecule has 0 saturated carbocycles. The van der Waals surface area contributed by atoms with Crippen LogP contribution in [0, 0.1) is 0 Å². The molecule has 1 unspecified atom stereocenters. The molecule has 0 saturated heterocycles. The average Bonchev–Trinajstić information content (AvgIpc) is 2.44. The minimum Gasteiger partial charge on any atom is -0.478 e. The SMILES string of the molecule is CNC(=O)C(C)NC(=O)Nc1cccc(/C=C/C(=O)O)c1. The van der Waals surface area contributed by atoms with Gasteiger partial charge in [0.1, 0.15) is 6.04 Å². The number of rotatable bonds is 5. The van der Waals surface area contributed by atoms with Gasteiger partial charge in [-0.15, -0.1) is 0 Å². The zero-order valence-electron chi connectivity index (χ0n) is 11.7. The number of anilines is 1. The van der Waals surface area contributed by atoms with Gasteiger partial charge in [-0.2, -0.15) is 0 Å². The van der Waals surface area contributed by atoms with Crippen LogP contribution in [0.1, 0.15) is 12.5 Å². The molecule has 1 aromatic rings. The normalized spacial score (nSPS) is 11.7. The molecule has 4 N–H and O–H groups in total. The van der Waals surface area contributed by atoms with Crippen molar-refractivity contribution in [3.8, 4) is 0 Å². The molecule has 0 fully saturated rings. The summed E-state index contributed by atoms with van der Waals surface area (Å²) in [5.41, 5.74) is 1.12. The van der Waals surface area contributed by atoms with Crippen LogP contribution in [-0.2, 0) is 9.59 Å². The predicted molar refractivity (Wildman–Crippen MR) is 78.8 cm³/mol. The molecular formula is C14H17N3O4. The Kier molecular flexibility index (Phi) is 5.94. The summed E-state index contributed by atoms with van der Waals surface area (Å²) in [6, 6.07) is 5.47. The average molecular weight is 291 g/mol. The number of aliphatic carboxylic acids is 1. The topological polar surface area (TPSA) is 108 Å². The molecule has 0 bridgehead atoms. The first kappa shape index (κ1) is 16.2. The second-order valence-corrected chi connectivity index (χ2v) is 4.23. The summed E-state index contributed by atoms with van der Waals surface area (Å²) < 4.78 is 0. The second-order valence-electron chi connectivity index (χ2n) is 4.23. The van der Waals surface area contributed by atoms with Crippen LogP contribution in [0.15, 0.2) is 30.3 Å². The highest BCUT2D eigenvalue weighted by Crippen LogP contribution is 2.11. The zero-order chi connectivity index (χ0) is 15.8. The second kappa shape index (κ2) is 7.68. The number of carboxylic acid groups (broad SMARTS) is 1. The maximum absolute atomic E-state index is 11.7. The highest BCUT2D eigenvalue weighted by molar-refractivity contribution is 5.93. The summed E-state index contributed by atoms with van der Waals surface area (Å²) in [6.45, 7) is 1.56. The molecular weight excluding hydrogens is 274 g/mol. The van der Waals surface area contributed by atoms with E-state index < -0.39 is 18.0 Å². The molecule has 0 spiro atoms. The van der Waals surface area contributed by atoms with Crippen molar-refractivity contribution in [2.24, 2.45) is 0 Å². The van der Waals surface area contributed by atoms with Crippen molar-refractivity contribution in [2.75, 3.05) is 12.4 Å². The van der Waals surface area contributed by atoms with Crippen molar-refractivity contribution in [3.63, 3.8) is 0 Å². The zero-order valence-corrected chi connectivity index (χ0v) is 11.7. The molecule has 1 aromatic carbocycles. The third-order valence-corrected chi connectivity index (χ3v) is 2.55. The van der Waals surface area contributed by atoms with Crippen LogP contribution in [0.4, 0.5) is 10.5 Å². The monoisotopic (exact) mass is 291 g/mol. The van der Waals surface area contributed by atoms with E-state index in [1.807, 2.05) is 0 Å². The van der Waals surface area contributed by atoms with E-state index in [9.17, 15) is 14.4 Å². The van der Waals surface area contributed by atoms with Gasteiger partial charge in [0.25, 0.3) is 0 Å². The van der Waals surface area contributed by atoms with Gasteiger partial charge in [0.05, 0.1) is 0 Å². The number of hydrogen-bond acceptors (Lipinski definition) is 3. The molecule has 7 heteroatoms. The Balaban J connectivity index is 2.66. The van der Waals surface area contributed by atoms with Crippen LogP contribution < -0.4 is 16.0 Å².